The van der Waals surface area contributed by atoms with E-state index in [1.54, 1.807) is 18.5 Å². The van der Waals surface area contributed by atoms with Gasteiger partial charge >= 0.3 is 0 Å². The summed E-state index contributed by atoms with van der Waals surface area (Å²) in [4.78, 5) is 0. The zero-order chi connectivity index (χ0) is 13.2. The molecule has 0 spiro atoms. The third kappa shape index (κ3) is 2.32. The van der Waals surface area contributed by atoms with Crippen molar-refractivity contribution in [2.24, 2.45) is 0 Å². The maximum Gasteiger partial charge on any atom is 0.164 e. The van der Waals surface area contributed by atoms with Crippen molar-refractivity contribution in [3.8, 4) is 11.4 Å². The molecule has 1 aromatic heterocycles. The van der Waals surface area contributed by atoms with Gasteiger partial charge in [0.25, 0.3) is 0 Å². The fourth-order valence-corrected chi connectivity index (χ4v) is 2.76. The van der Waals surface area contributed by atoms with Crippen molar-refractivity contribution in [1.82, 2.24) is 14.8 Å². The van der Waals surface area contributed by atoms with Gasteiger partial charge in [-0.25, -0.2) is 4.39 Å². The monoisotopic (exact) mass is 260 g/mol. The number of halogens is 1. The van der Waals surface area contributed by atoms with Crippen LogP contribution in [0.5, 0.6) is 0 Å². The first-order valence-corrected chi connectivity index (χ1v) is 6.70. The second-order valence-corrected chi connectivity index (χ2v) is 5.09. The van der Waals surface area contributed by atoms with Crippen molar-refractivity contribution >= 4 is 5.69 Å². The van der Waals surface area contributed by atoms with E-state index in [0.717, 1.165) is 24.2 Å². The maximum atomic E-state index is 13.2. The normalized spacial score (nSPS) is 16.7. The summed E-state index contributed by atoms with van der Waals surface area (Å²) in [6.45, 7) is 0. The molecule has 100 valence electrons. The summed E-state index contributed by atoms with van der Waals surface area (Å²) in [7, 11) is 0. The average Bonchev–Trinajstić information content (AvgIpc) is 2.92. The predicted octanol–water partition coefficient (Wildman–Crippen LogP) is 3.17. The van der Waals surface area contributed by atoms with E-state index in [1.165, 1.54) is 25.3 Å². The van der Waals surface area contributed by atoms with Gasteiger partial charge in [-0.2, -0.15) is 0 Å². The molecule has 1 saturated carbocycles. The molecule has 1 fully saturated rings. The van der Waals surface area contributed by atoms with E-state index < -0.39 is 5.82 Å². The van der Waals surface area contributed by atoms with E-state index in [2.05, 4.69) is 14.8 Å². The minimum Gasteiger partial charge on any atom is -0.396 e. The minimum absolute atomic E-state index is 0.149. The van der Waals surface area contributed by atoms with E-state index in [1.807, 2.05) is 0 Å². The number of nitrogen functional groups attached to an aromatic ring is 1. The molecule has 1 heterocycles. The van der Waals surface area contributed by atoms with Crippen LogP contribution < -0.4 is 5.73 Å². The zero-order valence-electron chi connectivity index (χ0n) is 10.7. The van der Waals surface area contributed by atoms with Gasteiger partial charge in [0, 0.05) is 11.6 Å². The third-order valence-corrected chi connectivity index (χ3v) is 3.80. The van der Waals surface area contributed by atoms with Crippen molar-refractivity contribution in [3.63, 3.8) is 0 Å². The Kier molecular flexibility index (Phi) is 3.19. The van der Waals surface area contributed by atoms with Gasteiger partial charge in [0.2, 0.25) is 0 Å². The Morgan fingerprint density at radius 3 is 2.74 bits per heavy atom. The van der Waals surface area contributed by atoms with Crippen LogP contribution >= 0.6 is 0 Å². The zero-order valence-corrected chi connectivity index (χ0v) is 10.7. The van der Waals surface area contributed by atoms with Gasteiger partial charge < -0.3 is 10.3 Å². The lowest BCUT2D eigenvalue weighted by Crippen LogP contribution is -2.13. The summed E-state index contributed by atoms with van der Waals surface area (Å²) < 4.78 is 15.3. The topological polar surface area (TPSA) is 56.7 Å². The lowest BCUT2D eigenvalue weighted by Gasteiger charge is -2.24. The summed E-state index contributed by atoms with van der Waals surface area (Å²) >= 11 is 0. The molecule has 19 heavy (non-hydrogen) atoms. The van der Waals surface area contributed by atoms with E-state index in [9.17, 15) is 4.39 Å². The van der Waals surface area contributed by atoms with Crippen molar-refractivity contribution < 1.29 is 4.39 Å². The maximum absolute atomic E-state index is 13.2. The number of hydrogen-bond donors (Lipinski definition) is 1. The van der Waals surface area contributed by atoms with Crippen LogP contribution in [0.3, 0.4) is 0 Å². The predicted molar refractivity (Wildman–Crippen MR) is 72.0 cm³/mol. The van der Waals surface area contributed by atoms with Gasteiger partial charge in [0.1, 0.15) is 12.1 Å². The molecule has 2 N–H and O–H groups in total. The number of aromatic nitrogens is 3. The van der Waals surface area contributed by atoms with Crippen LogP contribution in [0.2, 0.25) is 0 Å². The Morgan fingerprint density at radius 2 is 2.00 bits per heavy atom. The highest BCUT2D eigenvalue weighted by atomic mass is 19.1. The number of hydrogen-bond acceptors (Lipinski definition) is 3. The Balaban J connectivity index is 1.96. The van der Waals surface area contributed by atoms with E-state index in [-0.39, 0.29) is 5.69 Å². The molecule has 3 rings (SSSR count). The van der Waals surface area contributed by atoms with Gasteiger partial charge in [-0.15, -0.1) is 10.2 Å². The van der Waals surface area contributed by atoms with Crippen molar-refractivity contribution in [3.05, 3.63) is 30.3 Å². The average molecular weight is 260 g/mol. The minimum atomic E-state index is -0.396. The molecule has 0 atom stereocenters. The number of anilines is 1. The lowest BCUT2D eigenvalue weighted by atomic mass is 9.95. The highest BCUT2D eigenvalue weighted by Gasteiger charge is 2.19. The Hall–Kier alpha value is -1.91. The molecule has 0 aliphatic heterocycles. The van der Waals surface area contributed by atoms with Gasteiger partial charge in [-0.1, -0.05) is 19.3 Å². The molecule has 4 nitrogen and oxygen atoms in total. The first-order valence-electron chi connectivity index (χ1n) is 6.70. The van der Waals surface area contributed by atoms with E-state index >= 15 is 0 Å². The molecule has 2 aromatic rings. The quantitative estimate of drug-likeness (QED) is 0.844. The highest BCUT2D eigenvalue weighted by Crippen LogP contribution is 2.31. The van der Waals surface area contributed by atoms with Crippen molar-refractivity contribution in [2.75, 3.05) is 5.73 Å². The summed E-state index contributed by atoms with van der Waals surface area (Å²) in [5.41, 5.74) is 6.59. The molecule has 5 heteroatoms. The van der Waals surface area contributed by atoms with Crippen LogP contribution in [0.25, 0.3) is 11.4 Å². The summed E-state index contributed by atoms with van der Waals surface area (Å²) in [5, 5.41) is 8.17. The van der Waals surface area contributed by atoms with Crippen LogP contribution in [-0.4, -0.2) is 14.8 Å². The molecule has 0 saturated heterocycles. The Labute approximate surface area is 111 Å². The van der Waals surface area contributed by atoms with Gasteiger partial charge in [-0.3, -0.25) is 0 Å². The van der Waals surface area contributed by atoms with Crippen LogP contribution in [-0.2, 0) is 0 Å². The summed E-state index contributed by atoms with van der Waals surface area (Å²) in [6, 6.07) is 5.16. The smallest absolute Gasteiger partial charge is 0.164 e. The van der Waals surface area contributed by atoms with Crippen LogP contribution in [0.15, 0.2) is 24.5 Å². The number of rotatable bonds is 2. The highest BCUT2D eigenvalue weighted by molar-refractivity contribution is 5.61. The van der Waals surface area contributed by atoms with Crippen LogP contribution in [0.4, 0.5) is 10.1 Å². The standard InChI is InChI=1S/C14H17FN4/c15-12-7-6-10(8-13(12)16)14-18-17-9-19(14)11-4-2-1-3-5-11/h6-9,11H,1-5,16H2. The third-order valence-electron chi connectivity index (χ3n) is 3.80. The van der Waals surface area contributed by atoms with Crippen LogP contribution in [0, 0.1) is 5.82 Å². The first kappa shape index (κ1) is 12.1. The molecule has 0 amide bonds. The fraction of sp³-hybridized carbons (Fsp3) is 0.429. The second-order valence-electron chi connectivity index (χ2n) is 5.09. The Morgan fingerprint density at radius 1 is 1.21 bits per heavy atom. The molecular weight excluding hydrogens is 243 g/mol. The molecule has 0 radical (unpaired) electrons. The van der Waals surface area contributed by atoms with Crippen molar-refractivity contribution in [2.45, 2.75) is 38.1 Å². The number of nitrogens with zero attached hydrogens (tertiary/aromatic N) is 3. The first-order chi connectivity index (χ1) is 9.25. The SMILES string of the molecule is Nc1cc(-c2nncn2C2CCCCC2)ccc1F. The van der Waals surface area contributed by atoms with E-state index in [0.29, 0.717) is 6.04 Å². The van der Waals surface area contributed by atoms with E-state index in [4.69, 9.17) is 5.73 Å². The molecule has 1 aliphatic rings. The number of benzene rings is 1. The largest absolute Gasteiger partial charge is 0.396 e. The molecule has 1 aliphatic carbocycles. The molecule has 0 bridgehead atoms. The molecule has 0 unspecified atom stereocenters. The second kappa shape index (κ2) is 4.99. The number of nitrogens with two attached hydrogens (primary N) is 1. The van der Waals surface area contributed by atoms with Gasteiger partial charge in [0.05, 0.1) is 5.69 Å². The fourth-order valence-electron chi connectivity index (χ4n) is 2.76. The summed E-state index contributed by atoms with van der Waals surface area (Å²) in [5.74, 6) is 0.381. The van der Waals surface area contributed by atoms with Crippen molar-refractivity contribution in [1.29, 1.82) is 0 Å². The summed E-state index contributed by atoms with van der Waals surface area (Å²) in [6.07, 6.45) is 7.87. The van der Waals surface area contributed by atoms with Crippen LogP contribution in [0.1, 0.15) is 38.1 Å². The van der Waals surface area contributed by atoms with Gasteiger partial charge in [0.15, 0.2) is 5.82 Å². The molecular formula is C14H17FN4. The van der Waals surface area contributed by atoms with Gasteiger partial charge in [-0.05, 0) is 31.0 Å². The lowest BCUT2D eigenvalue weighted by molar-refractivity contribution is 0.355. The Bertz CT molecular complexity index is 573. The molecule has 1 aromatic carbocycles.